The molecule has 1 aliphatic rings. The summed E-state index contributed by atoms with van der Waals surface area (Å²) in [5, 5.41) is 2.52. The third-order valence-corrected chi connectivity index (χ3v) is 3.87. The number of ether oxygens (including phenoxy) is 1. The van der Waals surface area contributed by atoms with Crippen molar-refractivity contribution in [3.63, 3.8) is 0 Å². The molecule has 120 valence electrons. The summed E-state index contributed by atoms with van der Waals surface area (Å²) in [6.45, 7) is 7.26. The number of hydrogen-bond acceptors (Lipinski definition) is 5. The number of primary amides is 1. The summed E-state index contributed by atoms with van der Waals surface area (Å²) in [4.78, 5) is 36.8. The molecule has 0 saturated carbocycles. The van der Waals surface area contributed by atoms with Crippen molar-refractivity contribution < 1.29 is 19.1 Å². The Labute approximate surface area is 128 Å². The number of rotatable bonds is 3. The molecule has 8 heteroatoms. The first kappa shape index (κ1) is 17.6. The predicted molar refractivity (Wildman–Crippen MR) is 80.9 cm³/mol. The molecule has 1 rings (SSSR count). The van der Waals surface area contributed by atoms with Gasteiger partial charge in [0, 0.05) is 18.1 Å². The van der Waals surface area contributed by atoms with Gasteiger partial charge in [0.15, 0.2) is 0 Å². The normalized spacial score (nSPS) is 20.6. The largest absolute Gasteiger partial charge is 0.444 e. The molecule has 3 amide bonds. The Kier molecular flexibility index (Phi) is 5.88. The maximum atomic E-state index is 12.2. The van der Waals surface area contributed by atoms with Crippen LogP contribution in [0.2, 0.25) is 0 Å². The van der Waals surface area contributed by atoms with Crippen LogP contribution in [0.5, 0.6) is 0 Å². The molecule has 2 unspecified atom stereocenters. The second-order valence-electron chi connectivity index (χ2n) is 5.90. The highest BCUT2D eigenvalue weighted by Crippen LogP contribution is 2.20. The first-order chi connectivity index (χ1) is 9.61. The van der Waals surface area contributed by atoms with Gasteiger partial charge in [-0.3, -0.25) is 14.5 Å². The highest BCUT2D eigenvalue weighted by molar-refractivity contribution is 7.99. The minimum atomic E-state index is -0.773. The van der Waals surface area contributed by atoms with E-state index >= 15 is 0 Å². The van der Waals surface area contributed by atoms with Crippen molar-refractivity contribution in [1.82, 2.24) is 10.2 Å². The predicted octanol–water partition coefficient (Wildman–Crippen LogP) is 0.329. The van der Waals surface area contributed by atoms with E-state index < -0.39 is 29.7 Å². The van der Waals surface area contributed by atoms with Crippen molar-refractivity contribution >= 4 is 29.7 Å². The van der Waals surface area contributed by atoms with E-state index in [1.165, 1.54) is 11.8 Å². The van der Waals surface area contributed by atoms with Gasteiger partial charge in [0.05, 0.1) is 0 Å². The molecule has 1 heterocycles. The van der Waals surface area contributed by atoms with Gasteiger partial charge in [-0.1, -0.05) is 0 Å². The Balaban J connectivity index is 2.75. The van der Waals surface area contributed by atoms with Gasteiger partial charge in [0.1, 0.15) is 17.7 Å². The lowest BCUT2D eigenvalue weighted by Gasteiger charge is -2.35. The lowest BCUT2D eigenvalue weighted by atomic mass is 10.2. The van der Waals surface area contributed by atoms with Gasteiger partial charge >= 0.3 is 6.09 Å². The lowest BCUT2D eigenvalue weighted by Crippen LogP contribution is -2.57. The number of thioether (sulfide) groups is 1. The summed E-state index contributed by atoms with van der Waals surface area (Å²) in [6.07, 6.45) is -0.519. The fourth-order valence-corrected chi connectivity index (χ4v) is 2.79. The second kappa shape index (κ2) is 7.02. The number of nitrogens with two attached hydrogens (primary N) is 1. The van der Waals surface area contributed by atoms with Gasteiger partial charge in [0.2, 0.25) is 11.8 Å². The molecular formula is C13H23N3O4S. The number of amides is 3. The minimum Gasteiger partial charge on any atom is -0.444 e. The van der Waals surface area contributed by atoms with Crippen molar-refractivity contribution in [3.8, 4) is 0 Å². The number of nitrogens with one attached hydrogen (secondary N) is 1. The van der Waals surface area contributed by atoms with Gasteiger partial charge in [-0.2, -0.15) is 11.8 Å². The van der Waals surface area contributed by atoms with Crippen LogP contribution in [0.3, 0.4) is 0 Å². The van der Waals surface area contributed by atoms with Gasteiger partial charge in [-0.05, 0) is 27.7 Å². The summed E-state index contributed by atoms with van der Waals surface area (Å²) in [6, 6.07) is -1.43. The van der Waals surface area contributed by atoms with E-state index in [1.54, 1.807) is 32.5 Å². The molecule has 2 atom stereocenters. The molecule has 0 spiro atoms. The van der Waals surface area contributed by atoms with Gasteiger partial charge in [-0.25, -0.2) is 4.79 Å². The molecule has 1 saturated heterocycles. The Bertz CT molecular complexity index is 422. The minimum absolute atomic E-state index is 0.389. The molecule has 0 aliphatic carbocycles. The quantitative estimate of drug-likeness (QED) is 0.781. The molecule has 0 bridgehead atoms. The molecule has 1 fully saturated rings. The summed E-state index contributed by atoms with van der Waals surface area (Å²) in [5.41, 5.74) is 4.51. The Hall–Kier alpha value is -1.44. The van der Waals surface area contributed by atoms with E-state index in [1.807, 2.05) is 0 Å². The monoisotopic (exact) mass is 317 g/mol. The van der Waals surface area contributed by atoms with Crippen LogP contribution in [-0.4, -0.2) is 58.5 Å². The summed E-state index contributed by atoms with van der Waals surface area (Å²) >= 11 is 1.58. The Morgan fingerprint density at radius 1 is 1.38 bits per heavy atom. The van der Waals surface area contributed by atoms with Crippen LogP contribution in [-0.2, 0) is 14.3 Å². The molecule has 0 radical (unpaired) electrons. The third-order valence-electron chi connectivity index (χ3n) is 2.84. The van der Waals surface area contributed by atoms with E-state index in [0.717, 1.165) is 5.75 Å². The van der Waals surface area contributed by atoms with E-state index in [-0.39, 0.29) is 5.91 Å². The zero-order valence-corrected chi connectivity index (χ0v) is 13.7. The van der Waals surface area contributed by atoms with Crippen LogP contribution in [0.4, 0.5) is 4.79 Å². The van der Waals surface area contributed by atoms with Crippen molar-refractivity contribution in [2.45, 2.75) is 45.4 Å². The van der Waals surface area contributed by atoms with E-state index in [0.29, 0.717) is 12.3 Å². The molecule has 3 N–H and O–H groups in total. The zero-order chi connectivity index (χ0) is 16.2. The smallest absolute Gasteiger partial charge is 0.411 e. The van der Waals surface area contributed by atoms with Crippen LogP contribution in [0.1, 0.15) is 27.7 Å². The molecule has 0 aromatic heterocycles. The van der Waals surface area contributed by atoms with Crippen LogP contribution in [0.25, 0.3) is 0 Å². The van der Waals surface area contributed by atoms with Gasteiger partial charge in [-0.15, -0.1) is 0 Å². The number of hydrogen-bond donors (Lipinski definition) is 2. The first-order valence-electron chi connectivity index (χ1n) is 6.79. The zero-order valence-electron chi connectivity index (χ0n) is 12.8. The number of carbonyl (C=O) groups excluding carboxylic acids is 3. The molecule has 0 aromatic rings. The Morgan fingerprint density at radius 3 is 2.52 bits per heavy atom. The summed E-state index contributed by atoms with van der Waals surface area (Å²) in [5.74, 6) is 0.209. The van der Waals surface area contributed by atoms with Crippen LogP contribution in [0, 0.1) is 0 Å². The topological polar surface area (TPSA) is 102 Å². The maximum absolute atomic E-state index is 12.2. The standard InChI is InChI=1S/C13H23N3O4S/c1-8(10(14)17)15-11(18)9-7-21-6-5-16(9)12(19)20-13(2,3)4/h8-9H,5-7H2,1-4H3,(H2,14,17)(H,15,18). The van der Waals surface area contributed by atoms with Crippen molar-refractivity contribution in [3.05, 3.63) is 0 Å². The SMILES string of the molecule is CC(NC(=O)C1CSCCN1C(=O)OC(C)(C)C)C(N)=O. The number of nitrogens with zero attached hydrogens (tertiary/aromatic N) is 1. The van der Waals surface area contributed by atoms with Crippen LogP contribution >= 0.6 is 11.8 Å². The average molecular weight is 317 g/mol. The third kappa shape index (κ3) is 5.45. The fourth-order valence-electron chi connectivity index (χ4n) is 1.74. The summed E-state index contributed by atoms with van der Waals surface area (Å²) < 4.78 is 5.32. The molecule has 7 nitrogen and oxygen atoms in total. The van der Waals surface area contributed by atoms with Crippen molar-refractivity contribution in [2.24, 2.45) is 5.73 Å². The van der Waals surface area contributed by atoms with Crippen molar-refractivity contribution in [1.29, 1.82) is 0 Å². The Morgan fingerprint density at radius 2 is 2.00 bits per heavy atom. The lowest BCUT2D eigenvalue weighted by molar-refractivity contribution is -0.130. The highest BCUT2D eigenvalue weighted by Gasteiger charge is 2.35. The van der Waals surface area contributed by atoms with Crippen LogP contribution in [0.15, 0.2) is 0 Å². The summed E-state index contributed by atoms with van der Waals surface area (Å²) in [7, 11) is 0. The van der Waals surface area contributed by atoms with Gasteiger partial charge < -0.3 is 15.8 Å². The highest BCUT2D eigenvalue weighted by atomic mass is 32.2. The van der Waals surface area contributed by atoms with E-state index in [9.17, 15) is 14.4 Å². The van der Waals surface area contributed by atoms with Gasteiger partial charge in [0.25, 0.3) is 0 Å². The van der Waals surface area contributed by atoms with Crippen molar-refractivity contribution in [2.75, 3.05) is 18.1 Å². The first-order valence-corrected chi connectivity index (χ1v) is 7.94. The molecule has 1 aliphatic heterocycles. The molecule has 0 aromatic carbocycles. The second-order valence-corrected chi connectivity index (χ2v) is 7.05. The van der Waals surface area contributed by atoms with E-state index in [4.69, 9.17) is 10.5 Å². The fraction of sp³-hybridized carbons (Fsp3) is 0.769. The van der Waals surface area contributed by atoms with E-state index in [2.05, 4.69) is 5.32 Å². The average Bonchev–Trinajstić information content (AvgIpc) is 2.36. The molecule has 21 heavy (non-hydrogen) atoms. The maximum Gasteiger partial charge on any atom is 0.411 e. The van der Waals surface area contributed by atoms with Crippen LogP contribution < -0.4 is 11.1 Å². The molecular weight excluding hydrogens is 294 g/mol. The number of carbonyl (C=O) groups is 3.